The number of benzene rings is 1. The average Bonchev–Trinajstić information content (AvgIpc) is 3.08. The summed E-state index contributed by atoms with van der Waals surface area (Å²) in [4.78, 5) is 18.8. The fourth-order valence-corrected chi connectivity index (χ4v) is 2.76. The molecular formula is C21H30ClN3O2. The molecule has 1 atom stereocenters. The van der Waals surface area contributed by atoms with Gasteiger partial charge in [0.15, 0.2) is 5.69 Å². The van der Waals surface area contributed by atoms with Crippen LogP contribution in [0.2, 0.25) is 5.02 Å². The maximum atomic E-state index is 12.2. The Morgan fingerprint density at radius 2 is 1.81 bits per heavy atom. The summed E-state index contributed by atoms with van der Waals surface area (Å²) in [7, 11) is 0. The molecule has 0 unspecified atom stereocenters. The highest BCUT2D eigenvalue weighted by Crippen LogP contribution is 2.19. The van der Waals surface area contributed by atoms with Crippen LogP contribution in [0.1, 0.15) is 56.6 Å². The van der Waals surface area contributed by atoms with Crippen LogP contribution in [-0.4, -0.2) is 28.4 Å². The summed E-state index contributed by atoms with van der Waals surface area (Å²) in [5.74, 6) is 1.22. The Morgan fingerprint density at radius 3 is 2.41 bits per heavy atom. The van der Waals surface area contributed by atoms with Crippen LogP contribution >= 0.6 is 11.6 Å². The van der Waals surface area contributed by atoms with E-state index in [0.29, 0.717) is 42.6 Å². The molecule has 6 heteroatoms. The topological polar surface area (TPSA) is 58.4 Å². The van der Waals surface area contributed by atoms with Gasteiger partial charge in [-0.05, 0) is 36.5 Å². The minimum Gasteiger partial charge on any atom is -0.447 e. The summed E-state index contributed by atoms with van der Waals surface area (Å²) in [6, 6.07) is 8.19. The zero-order valence-electron chi connectivity index (χ0n) is 16.8. The summed E-state index contributed by atoms with van der Waals surface area (Å²) in [5.41, 5.74) is 1.50. The number of nitrogens with zero attached hydrogens (tertiary/aromatic N) is 2. The Labute approximate surface area is 167 Å². The van der Waals surface area contributed by atoms with Gasteiger partial charge in [0.1, 0.15) is 6.26 Å². The van der Waals surface area contributed by atoms with E-state index in [-0.39, 0.29) is 5.91 Å². The van der Waals surface area contributed by atoms with E-state index in [0.717, 1.165) is 11.6 Å². The predicted molar refractivity (Wildman–Crippen MR) is 109 cm³/mol. The molecule has 0 aliphatic carbocycles. The lowest BCUT2D eigenvalue weighted by Gasteiger charge is -2.30. The zero-order valence-corrected chi connectivity index (χ0v) is 17.6. The van der Waals surface area contributed by atoms with Crippen molar-refractivity contribution in [1.29, 1.82) is 0 Å². The van der Waals surface area contributed by atoms with Crippen LogP contribution in [0.15, 0.2) is 34.9 Å². The maximum Gasteiger partial charge on any atom is 0.273 e. The van der Waals surface area contributed by atoms with E-state index in [1.54, 1.807) is 0 Å². The molecule has 0 saturated heterocycles. The fraction of sp³-hybridized carbons (Fsp3) is 0.524. The van der Waals surface area contributed by atoms with Crippen molar-refractivity contribution < 1.29 is 9.21 Å². The van der Waals surface area contributed by atoms with Crippen molar-refractivity contribution in [2.75, 3.05) is 6.54 Å². The second-order valence-corrected chi connectivity index (χ2v) is 8.18. The molecule has 148 valence electrons. The highest BCUT2D eigenvalue weighted by atomic mass is 35.5. The Bertz CT molecular complexity index is 725. The van der Waals surface area contributed by atoms with Crippen LogP contribution in [0, 0.1) is 11.8 Å². The minimum atomic E-state index is -0.195. The molecule has 27 heavy (non-hydrogen) atoms. The van der Waals surface area contributed by atoms with E-state index in [2.05, 4.69) is 49.8 Å². The molecule has 0 spiro atoms. The summed E-state index contributed by atoms with van der Waals surface area (Å²) >= 11 is 5.99. The second kappa shape index (κ2) is 9.90. The highest BCUT2D eigenvalue weighted by molar-refractivity contribution is 6.30. The van der Waals surface area contributed by atoms with Crippen molar-refractivity contribution in [2.45, 2.75) is 53.8 Å². The van der Waals surface area contributed by atoms with E-state index in [9.17, 15) is 4.79 Å². The quantitative estimate of drug-likeness (QED) is 0.669. The predicted octanol–water partition coefficient (Wildman–Crippen LogP) is 4.76. The summed E-state index contributed by atoms with van der Waals surface area (Å²) in [6.45, 7) is 12.6. The summed E-state index contributed by atoms with van der Waals surface area (Å²) in [5, 5.41) is 3.59. The van der Waals surface area contributed by atoms with Gasteiger partial charge in [-0.2, -0.15) is 0 Å². The van der Waals surface area contributed by atoms with Crippen LogP contribution in [0.4, 0.5) is 0 Å². The molecule has 2 aromatic rings. The van der Waals surface area contributed by atoms with Gasteiger partial charge in [-0.25, -0.2) is 4.98 Å². The Morgan fingerprint density at radius 1 is 1.15 bits per heavy atom. The number of oxazole rings is 1. The first-order valence-electron chi connectivity index (χ1n) is 9.47. The van der Waals surface area contributed by atoms with Crippen molar-refractivity contribution in [3.63, 3.8) is 0 Å². The van der Waals surface area contributed by atoms with Gasteiger partial charge in [0.25, 0.3) is 5.91 Å². The second-order valence-electron chi connectivity index (χ2n) is 7.75. The molecule has 0 fully saturated rings. The number of halogens is 1. The third kappa shape index (κ3) is 6.67. The number of nitrogens with one attached hydrogen (secondary N) is 1. The Kier molecular flexibility index (Phi) is 7.87. The van der Waals surface area contributed by atoms with Gasteiger partial charge in [0.2, 0.25) is 5.89 Å². The van der Waals surface area contributed by atoms with E-state index in [4.69, 9.17) is 16.0 Å². The largest absolute Gasteiger partial charge is 0.447 e. The number of carbonyl (C=O) groups is 1. The number of rotatable bonds is 9. The van der Waals surface area contributed by atoms with E-state index < -0.39 is 0 Å². The maximum absolute atomic E-state index is 12.2. The SMILES string of the molecule is CC(C)CNC(=O)c1coc(CN(Cc2ccc(Cl)cc2)[C@H](C)C(C)C)n1. The van der Waals surface area contributed by atoms with Crippen molar-refractivity contribution in [1.82, 2.24) is 15.2 Å². The van der Waals surface area contributed by atoms with Gasteiger partial charge >= 0.3 is 0 Å². The van der Waals surface area contributed by atoms with Gasteiger partial charge in [-0.1, -0.05) is 51.4 Å². The Hall–Kier alpha value is -1.85. The van der Waals surface area contributed by atoms with Crippen molar-refractivity contribution in [3.8, 4) is 0 Å². The summed E-state index contributed by atoms with van der Waals surface area (Å²) < 4.78 is 5.58. The van der Waals surface area contributed by atoms with Crippen molar-refractivity contribution in [2.24, 2.45) is 11.8 Å². The number of aromatic nitrogens is 1. The van der Waals surface area contributed by atoms with Crippen molar-refractivity contribution >= 4 is 17.5 Å². The molecule has 1 N–H and O–H groups in total. The molecular weight excluding hydrogens is 362 g/mol. The van der Waals surface area contributed by atoms with Crippen LogP contribution in [0.25, 0.3) is 0 Å². The number of amides is 1. The van der Waals surface area contributed by atoms with E-state index >= 15 is 0 Å². The lowest BCUT2D eigenvalue weighted by molar-refractivity contribution is 0.0943. The highest BCUT2D eigenvalue weighted by Gasteiger charge is 2.21. The molecule has 0 aliphatic rings. The first-order chi connectivity index (χ1) is 12.8. The number of hydrogen-bond donors (Lipinski definition) is 1. The molecule has 2 rings (SSSR count). The lowest BCUT2D eigenvalue weighted by atomic mass is 10.0. The minimum absolute atomic E-state index is 0.195. The average molecular weight is 392 g/mol. The molecule has 0 aliphatic heterocycles. The molecule has 1 heterocycles. The van der Waals surface area contributed by atoms with Crippen LogP contribution < -0.4 is 5.32 Å². The molecule has 0 bridgehead atoms. The van der Waals surface area contributed by atoms with E-state index in [1.165, 1.54) is 11.8 Å². The molecule has 1 aromatic heterocycles. The van der Waals surface area contributed by atoms with E-state index in [1.807, 2.05) is 24.3 Å². The first-order valence-corrected chi connectivity index (χ1v) is 9.85. The first kappa shape index (κ1) is 21.5. The monoisotopic (exact) mass is 391 g/mol. The fourth-order valence-electron chi connectivity index (χ4n) is 2.64. The van der Waals surface area contributed by atoms with Gasteiger partial charge in [-0.3, -0.25) is 9.69 Å². The number of hydrogen-bond acceptors (Lipinski definition) is 4. The smallest absolute Gasteiger partial charge is 0.273 e. The summed E-state index contributed by atoms with van der Waals surface area (Å²) in [6.07, 6.45) is 1.44. The Balaban J connectivity index is 2.08. The van der Waals surface area contributed by atoms with Gasteiger partial charge in [0, 0.05) is 24.2 Å². The van der Waals surface area contributed by atoms with Crippen LogP contribution in [0.5, 0.6) is 0 Å². The molecule has 5 nitrogen and oxygen atoms in total. The third-order valence-electron chi connectivity index (χ3n) is 4.63. The lowest BCUT2D eigenvalue weighted by Crippen LogP contribution is -2.36. The normalized spacial score (nSPS) is 12.8. The van der Waals surface area contributed by atoms with Gasteiger partial charge < -0.3 is 9.73 Å². The van der Waals surface area contributed by atoms with Crippen LogP contribution in [0.3, 0.4) is 0 Å². The molecule has 0 radical (unpaired) electrons. The number of carbonyl (C=O) groups excluding carboxylic acids is 1. The molecule has 0 saturated carbocycles. The molecule has 1 aromatic carbocycles. The zero-order chi connectivity index (χ0) is 20.0. The van der Waals surface area contributed by atoms with Gasteiger partial charge in [-0.15, -0.1) is 0 Å². The molecule has 1 amide bonds. The van der Waals surface area contributed by atoms with Crippen molar-refractivity contribution in [3.05, 3.63) is 52.7 Å². The standard InChI is InChI=1S/C21H30ClN3O2/c1-14(2)10-23-21(26)19-13-27-20(24-19)12-25(16(5)15(3)4)11-17-6-8-18(22)9-7-17/h6-9,13-16H,10-12H2,1-5H3,(H,23,26)/t16-/m1/s1. The van der Waals surface area contributed by atoms with Crippen LogP contribution in [-0.2, 0) is 13.1 Å². The third-order valence-corrected chi connectivity index (χ3v) is 4.89. The van der Waals surface area contributed by atoms with Gasteiger partial charge in [0.05, 0.1) is 6.54 Å².